The average molecular weight is 226 g/mol. The van der Waals surface area contributed by atoms with Crippen LogP contribution in [0.4, 0.5) is 0 Å². The van der Waals surface area contributed by atoms with Gasteiger partial charge in [0.05, 0.1) is 0 Å². The molecule has 0 heterocycles. The van der Waals surface area contributed by atoms with Crippen LogP contribution in [0.3, 0.4) is 0 Å². The van der Waals surface area contributed by atoms with E-state index in [4.69, 9.17) is 0 Å². The van der Waals surface area contributed by atoms with E-state index in [2.05, 4.69) is 26.0 Å². The maximum atomic E-state index is 10.0. The van der Waals surface area contributed by atoms with Gasteiger partial charge < -0.3 is 5.11 Å². The van der Waals surface area contributed by atoms with Crippen LogP contribution < -0.4 is 0 Å². The van der Waals surface area contributed by atoms with Crippen LogP contribution in [0.2, 0.25) is 0 Å². The van der Waals surface area contributed by atoms with Crippen LogP contribution in [0.5, 0.6) is 5.75 Å². The number of hydrogen-bond donors (Lipinski definition) is 1. The Bertz CT molecular complexity index is 490. The van der Waals surface area contributed by atoms with E-state index in [-0.39, 0.29) is 5.41 Å². The van der Waals surface area contributed by atoms with Crippen molar-refractivity contribution in [3.8, 4) is 5.75 Å². The van der Waals surface area contributed by atoms with E-state index < -0.39 is 0 Å². The molecular weight excluding hydrogens is 208 g/mol. The minimum atomic E-state index is -0.132. The first kappa shape index (κ1) is 11.7. The van der Waals surface area contributed by atoms with Crippen molar-refractivity contribution in [1.82, 2.24) is 0 Å². The van der Waals surface area contributed by atoms with Crippen LogP contribution in [-0.2, 0) is 5.41 Å². The molecule has 0 saturated heterocycles. The smallest absolute Gasteiger partial charge is 0.119 e. The molecule has 0 fully saturated rings. The predicted octanol–water partition coefficient (Wildman–Crippen LogP) is 4.11. The summed E-state index contributed by atoms with van der Waals surface area (Å²) in [5, 5.41) is 10.0. The molecular formula is C16H18O. The van der Waals surface area contributed by atoms with Gasteiger partial charge in [0.15, 0.2) is 0 Å². The van der Waals surface area contributed by atoms with Crippen molar-refractivity contribution in [2.45, 2.75) is 25.7 Å². The van der Waals surface area contributed by atoms with Gasteiger partial charge in [0.1, 0.15) is 5.75 Å². The van der Waals surface area contributed by atoms with E-state index in [0.29, 0.717) is 5.75 Å². The number of benzene rings is 2. The van der Waals surface area contributed by atoms with Crippen LogP contribution in [0.25, 0.3) is 0 Å². The average Bonchev–Trinajstić information content (AvgIpc) is 2.39. The maximum Gasteiger partial charge on any atom is 0.119 e. The Morgan fingerprint density at radius 3 is 2.12 bits per heavy atom. The summed E-state index contributed by atoms with van der Waals surface area (Å²) in [5.74, 6) is 0.376. The minimum absolute atomic E-state index is 0.132. The number of hydrogen-bond acceptors (Lipinski definition) is 1. The lowest BCUT2D eigenvalue weighted by atomic mass is 9.74. The first-order valence-corrected chi connectivity index (χ1v) is 6.02. The molecule has 0 amide bonds. The van der Waals surface area contributed by atoms with Crippen LogP contribution in [0.15, 0.2) is 54.6 Å². The van der Waals surface area contributed by atoms with E-state index in [1.54, 1.807) is 6.07 Å². The van der Waals surface area contributed by atoms with Gasteiger partial charge in [-0.3, -0.25) is 0 Å². The summed E-state index contributed by atoms with van der Waals surface area (Å²) < 4.78 is 0. The van der Waals surface area contributed by atoms with E-state index in [1.807, 2.05) is 36.4 Å². The molecule has 1 heteroatoms. The quantitative estimate of drug-likeness (QED) is 0.835. The van der Waals surface area contributed by atoms with Crippen molar-refractivity contribution in [3.05, 3.63) is 65.7 Å². The van der Waals surface area contributed by atoms with Crippen LogP contribution in [0.1, 0.15) is 31.4 Å². The molecule has 1 atom stereocenters. The fourth-order valence-corrected chi connectivity index (χ4v) is 2.30. The van der Waals surface area contributed by atoms with Gasteiger partial charge in [-0.1, -0.05) is 62.4 Å². The first-order valence-electron chi connectivity index (χ1n) is 6.02. The highest BCUT2D eigenvalue weighted by Crippen LogP contribution is 2.39. The highest BCUT2D eigenvalue weighted by molar-refractivity contribution is 5.45. The van der Waals surface area contributed by atoms with Crippen molar-refractivity contribution in [3.63, 3.8) is 0 Å². The second-order valence-electron chi connectivity index (χ2n) is 4.57. The third kappa shape index (κ3) is 2.05. The molecule has 17 heavy (non-hydrogen) atoms. The molecule has 1 nitrogen and oxygen atoms in total. The van der Waals surface area contributed by atoms with Gasteiger partial charge >= 0.3 is 0 Å². The Hall–Kier alpha value is -1.76. The molecule has 1 N–H and O–H groups in total. The number of para-hydroxylation sites is 1. The molecule has 2 aromatic carbocycles. The van der Waals surface area contributed by atoms with E-state index in [9.17, 15) is 5.11 Å². The molecule has 0 aliphatic carbocycles. The SMILES string of the molecule is CCC(C)(c1ccccc1)c1ccccc1O. The molecule has 0 aliphatic heterocycles. The van der Waals surface area contributed by atoms with E-state index >= 15 is 0 Å². The number of rotatable bonds is 3. The monoisotopic (exact) mass is 226 g/mol. The molecule has 0 aliphatic rings. The molecule has 0 bridgehead atoms. The summed E-state index contributed by atoms with van der Waals surface area (Å²) in [6, 6.07) is 18.0. The second-order valence-corrected chi connectivity index (χ2v) is 4.57. The van der Waals surface area contributed by atoms with Crippen LogP contribution >= 0.6 is 0 Å². The van der Waals surface area contributed by atoms with Gasteiger partial charge in [-0.2, -0.15) is 0 Å². The lowest BCUT2D eigenvalue weighted by molar-refractivity contribution is 0.441. The zero-order chi connectivity index (χ0) is 12.3. The van der Waals surface area contributed by atoms with Crippen molar-refractivity contribution < 1.29 is 5.11 Å². The Kier molecular flexibility index (Phi) is 3.19. The van der Waals surface area contributed by atoms with Crippen molar-refractivity contribution in [1.29, 1.82) is 0 Å². The standard InChI is InChI=1S/C16H18O/c1-3-16(2,13-9-5-4-6-10-13)14-11-7-8-12-15(14)17/h4-12,17H,3H2,1-2H3. The second kappa shape index (κ2) is 4.62. The zero-order valence-electron chi connectivity index (χ0n) is 10.4. The Balaban J connectivity index is 2.56. The summed E-state index contributed by atoms with van der Waals surface area (Å²) >= 11 is 0. The summed E-state index contributed by atoms with van der Waals surface area (Å²) in [4.78, 5) is 0. The largest absolute Gasteiger partial charge is 0.508 e. The van der Waals surface area contributed by atoms with Gasteiger partial charge in [-0.05, 0) is 18.1 Å². The lowest BCUT2D eigenvalue weighted by Crippen LogP contribution is -2.22. The zero-order valence-corrected chi connectivity index (χ0v) is 10.4. The number of phenolic OH excluding ortho intramolecular Hbond substituents is 1. The third-order valence-electron chi connectivity index (χ3n) is 3.62. The fourth-order valence-electron chi connectivity index (χ4n) is 2.30. The number of phenols is 1. The predicted molar refractivity (Wildman–Crippen MR) is 71.3 cm³/mol. The molecule has 0 spiro atoms. The maximum absolute atomic E-state index is 10.0. The molecule has 1 unspecified atom stereocenters. The highest BCUT2D eigenvalue weighted by Gasteiger charge is 2.28. The van der Waals surface area contributed by atoms with Crippen LogP contribution in [0, 0.1) is 0 Å². The van der Waals surface area contributed by atoms with Gasteiger partial charge in [0.2, 0.25) is 0 Å². The Labute approximate surface area is 103 Å². The molecule has 2 rings (SSSR count). The third-order valence-corrected chi connectivity index (χ3v) is 3.62. The molecule has 2 aromatic rings. The summed E-state index contributed by atoms with van der Waals surface area (Å²) in [6.45, 7) is 4.33. The fraction of sp³-hybridized carbons (Fsp3) is 0.250. The van der Waals surface area contributed by atoms with E-state index in [1.165, 1.54) is 5.56 Å². The number of aromatic hydroxyl groups is 1. The van der Waals surface area contributed by atoms with Crippen molar-refractivity contribution in [2.24, 2.45) is 0 Å². The first-order chi connectivity index (χ1) is 8.18. The molecule has 0 radical (unpaired) electrons. The molecule has 0 aromatic heterocycles. The Morgan fingerprint density at radius 1 is 0.941 bits per heavy atom. The summed E-state index contributed by atoms with van der Waals surface area (Å²) in [7, 11) is 0. The normalized spacial score (nSPS) is 14.2. The van der Waals surface area contributed by atoms with Gasteiger partial charge in [0.25, 0.3) is 0 Å². The van der Waals surface area contributed by atoms with Crippen LogP contribution in [-0.4, -0.2) is 5.11 Å². The molecule has 0 saturated carbocycles. The summed E-state index contributed by atoms with van der Waals surface area (Å²) in [5.41, 5.74) is 2.10. The topological polar surface area (TPSA) is 20.2 Å². The lowest BCUT2D eigenvalue weighted by Gasteiger charge is -2.30. The van der Waals surface area contributed by atoms with Gasteiger partial charge in [0, 0.05) is 11.0 Å². The van der Waals surface area contributed by atoms with Crippen molar-refractivity contribution in [2.75, 3.05) is 0 Å². The highest BCUT2D eigenvalue weighted by atomic mass is 16.3. The minimum Gasteiger partial charge on any atom is -0.508 e. The van der Waals surface area contributed by atoms with E-state index in [0.717, 1.165) is 12.0 Å². The molecule has 88 valence electrons. The van der Waals surface area contributed by atoms with Gasteiger partial charge in [-0.15, -0.1) is 0 Å². The Morgan fingerprint density at radius 2 is 1.53 bits per heavy atom. The van der Waals surface area contributed by atoms with Gasteiger partial charge in [-0.25, -0.2) is 0 Å². The van der Waals surface area contributed by atoms with Crippen molar-refractivity contribution >= 4 is 0 Å². The summed E-state index contributed by atoms with van der Waals surface area (Å²) in [6.07, 6.45) is 0.953.